The molecule has 0 aliphatic heterocycles. The monoisotopic (exact) mass is 257 g/mol. The number of halogens is 3. The zero-order chi connectivity index (χ0) is 12.4. The van der Waals surface area contributed by atoms with Gasteiger partial charge in [0.05, 0.1) is 13.0 Å². The summed E-state index contributed by atoms with van der Waals surface area (Å²) in [6.07, 6.45) is -1.60. The number of carbonyl (C=O) groups excluding carboxylic acids is 1. The third-order valence-corrected chi connectivity index (χ3v) is 2.27. The minimum atomic E-state index is -2.48. The molecule has 0 radical (unpaired) electrons. The molecule has 0 aliphatic carbocycles. The van der Waals surface area contributed by atoms with E-state index in [0.29, 0.717) is 19.0 Å². The Morgan fingerprint density at radius 1 is 1.50 bits per heavy atom. The standard InChI is InChI=1S/C10H18ClF2NO2/c1-2-14(6-3-5-11)10(15)4-7-16-8-9(12)13/h9H,2-8H2,1H3. The predicted octanol–water partition coefficient (Wildman–Crippen LogP) is 2.14. The lowest BCUT2D eigenvalue weighted by Crippen LogP contribution is -2.32. The van der Waals surface area contributed by atoms with Gasteiger partial charge in [-0.1, -0.05) is 0 Å². The third kappa shape index (κ3) is 7.82. The molecule has 96 valence electrons. The molecule has 6 heteroatoms. The predicted molar refractivity (Wildman–Crippen MR) is 59.0 cm³/mol. The van der Waals surface area contributed by atoms with Crippen molar-refractivity contribution in [1.82, 2.24) is 4.90 Å². The molecule has 0 heterocycles. The second-order valence-corrected chi connectivity index (χ2v) is 3.61. The van der Waals surface area contributed by atoms with Crippen molar-refractivity contribution in [2.45, 2.75) is 26.2 Å². The highest BCUT2D eigenvalue weighted by Crippen LogP contribution is 1.99. The minimum Gasteiger partial charge on any atom is -0.375 e. The molecule has 0 fully saturated rings. The van der Waals surface area contributed by atoms with Crippen molar-refractivity contribution in [2.75, 3.05) is 32.2 Å². The van der Waals surface area contributed by atoms with Crippen molar-refractivity contribution in [3.8, 4) is 0 Å². The maximum Gasteiger partial charge on any atom is 0.261 e. The first kappa shape index (κ1) is 15.6. The molecule has 3 nitrogen and oxygen atoms in total. The molecule has 0 aromatic carbocycles. The fourth-order valence-corrected chi connectivity index (χ4v) is 1.32. The number of hydrogen-bond donors (Lipinski definition) is 0. The second-order valence-electron chi connectivity index (χ2n) is 3.23. The first-order valence-corrected chi connectivity index (χ1v) is 5.84. The number of nitrogens with zero attached hydrogens (tertiary/aromatic N) is 1. The largest absolute Gasteiger partial charge is 0.375 e. The summed E-state index contributed by atoms with van der Waals surface area (Å²) in [5, 5.41) is 0. The number of ether oxygens (including phenoxy) is 1. The molecule has 1 amide bonds. The number of amides is 1. The van der Waals surface area contributed by atoms with E-state index in [2.05, 4.69) is 4.74 Å². The van der Waals surface area contributed by atoms with Crippen LogP contribution in [0.4, 0.5) is 8.78 Å². The molecule has 0 aromatic rings. The molecule has 0 saturated heterocycles. The van der Waals surface area contributed by atoms with Crippen LogP contribution in [0, 0.1) is 0 Å². The molecular weight excluding hydrogens is 240 g/mol. The van der Waals surface area contributed by atoms with Crippen LogP contribution in [0.1, 0.15) is 19.8 Å². The average Bonchev–Trinajstić information content (AvgIpc) is 2.25. The first-order valence-electron chi connectivity index (χ1n) is 5.31. The van der Waals surface area contributed by atoms with E-state index in [4.69, 9.17) is 11.6 Å². The maximum atomic E-state index is 11.7. The van der Waals surface area contributed by atoms with Crippen LogP contribution in [0.5, 0.6) is 0 Å². The van der Waals surface area contributed by atoms with Crippen molar-refractivity contribution in [2.24, 2.45) is 0 Å². The molecule has 0 spiro atoms. The first-order chi connectivity index (χ1) is 7.61. The highest BCUT2D eigenvalue weighted by molar-refractivity contribution is 6.17. The van der Waals surface area contributed by atoms with E-state index in [9.17, 15) is 13.6 Å². The quantitative estimate of drug-likeness (QED) is 0.468. The summed E-state index contributed by atoms with van der Waals surface area (Å²) in [5.74, 6) is 0.424. The van der Waals surface area contributed by atoms with Crippen LogP contribution < -0.4 is 0 Å². The molecular formula is C10H18ClF2NO2. The van der Waals surface area contributed by atoms with E-state index in [1.54, 1.807) is 4.90 Å². The van der Waals surface area contributed by atoms with Gasteiger partial charge < -0.3 is 9.64 Å². The van der Waals surface area contributed by atoms with Crippen LogP contribution in [0.15, 0.2) is 0 Å². The lowest BCUT2D eigenvalue weighted by molar-refractivity contribution is -0.132. The Balaban J connectivity index is 3.66. The molecule has 0 atom stereocenters. The molecule has 0 bridgehead atoms. The molecule has 0 aliphatic rings. The average molecular weight is 258 g/mol. The summed E-state index contributed by atoms with van der Waals surface area (Å²) in [7, 11) is 0. The van der Waals surface area contributed by atoms with E-state index in [-0.39, 0.29) is 18.9 Å². The van der Waals surface area contributed by atoms with E-state index >= 15 is 0 Å². The van der Waals surface area contributed by atoms with Crippen molar-refractivity contribution in [3.63, 3.8) is 0 Å². The summed E-state index contributed by atoms with van der Waals surface area (Å²) >= 11 is 5.52. The Morgan fingerprint density at radius 2 is 2.19 bits per heavy atom. The lowest BCUT2D eigenvalue weighted by atomic mass is 10.3. The smallest absolute Gasteiger partial charge is 0.261 e. The van der Waals surface area contributed by atoms with Gasteiger partial charge in [0.15, 0.2) is 0 Å². The van der Waals surface area contributed by atoms with Crippen LogP contribution in [0.2, 0.25) is 0 Å². The third-order valence-electron chi connectivity index (χ3n) is 2.00. The van der Waals surface area contributed by atoms with Gasteiger partial charge in [-0.15, -0.1) is 11.6 Å². The number of rotatable bonds is 9. The lowest BCUT2D eigenvalue weighted by Gasteiger charge is -2.20. The van der Waals surface area contributed by atoms with Crippen molar-refractivity contribution < 1.29 is 18.3 Å². The molecule has 0 aromatic heterocycles. The van der Waals surface area contributed by atoms with Crippen LogP contribution >= 0.6 is 11.6 Å². The van der Waals surface area contributed by atoms with Gasteiger partial charge in [0.2, 0.25) is 5.91 Å². The number of alkyl halides is 3. The summed E-state index contributed by atoms with van der Waals surface area (Å²) < 4.78 is 28.1. The van der Waals surface area contributed by atoms with E-state index in [1.807, 2.05) is 6.92 Å². The SMILES string of the molecule is CCN(CCCCl)C(=O)CCOCC(F)F. The Labute approximate surface area is 99.7 Å². The highest BCUT2D eigenvalue weighted by Gasteiger charge is 2.11. The Bertz CT molecular complexity index is 194. The summed E-state index contributed by atoms with van der Waals surface area (Å²) in [6, 6.07) is 0. The van der Waals surface area contributed by atoms with Crippen LogP contribution in [0.25, 0.3) is 0 Å². The van der Waals surface area contributed by atoms with Crippen LogP contribution in [-0.4, -0.2) is 49.4 Å². The van der Waals surface area contributed by atoms with E-state index < -0.39 is 13.0 Å². The highest BCUT2D eigenvalue weighted by atomic mass is 35.5. The van der Waals surface area contributed by atoms with Gasteiger partial charge in [0, 0.05) is 19.0 Å². The topological polar surface area (TPSA) is 29.5 Å². The normalized spacial score (nSPS) is 10.8. The van der Waals surface area contributed by atoms with Gasteiger partial charge in [-0.25, -0.2) is 8.78 Å². The molecule has 0 rings (SSSR count). The molecule has 0 N–H and O–H groups in total. The fraction of sp³-hybridized carbons (Fsp3) is 0.900. The fourth-order valence-electron chi connectivity index (χ4n) is 1.20. The number of carbonyl (C=O) groups is 1. The van der Waals surface area contributed by atoms with E-state index in [1.165, 1.54) is 0 Å². The van der Waals surface area contributed by atoms with Gasteiger partial charge >= 0.3 is 0 Å². The van der Waals surface area contributed by atoms with Gasteiger partial charge in [0.1, 0.15) is 6.61 Å². The van der Waals surface area contributed by atoms with Gasteiger partial charge in [0.25, 0.3) is 6.43 Å². The zero-order valence-electron chi connectivity index (χ0n) is 9.42. The van der Waals surface area contributed by atoms with Crippen molar-refractivity contribution in [1.29, 1.82) is 0 Å². The molecule has 16 heavy (non-hydrogen) atoms. The van der Waals surface area contributed by atoms with E-state index in [0.717, 1.165) is 6.42 Å². The molecule has 0 unspecified atom stereocenters. The summed E-state index contributed by atoms with van der Waals surface area (Å²) in [4.78, 5) is 13.2. The van der Waals surface area contributed by atoms with Crippen molar-refractivity contribution in [3.05, 3.63) is 0 Å². The van der Waals surface area contributed by atoms with Crippen LogP contribution in [-0.2, 0) is 9.53 Å². The van der Waals surface area contributed by atoms with Crippen LogP contribution in [0.3, 0.4) is 0 Å². The summed E-state index contributed by atoms with van der Waals surface area (Å²) in [5.41, 5.74) is 0. The number of hydrogen-bond acceptors (Lipinski definition) is 2. The van der Waals surface area contributed by atoms with Gasteiger partial charge in [-0.05, 0) is 13.3 Å². The Morgan fingerprint density at radius 3 is 2.69 bits per heavy atom. The second kappa shape index (κ2) is 9.78. The Hall–Kier alpha value is -0.420. The van der Waals surface area contributed by atoms with Crippen molar-refractivity contribution >= 4 is 17.5 Å². The van der Waals surface area contributed by atoms with Gasteiger partial charge in [-0.2, -0.15) is 0 Å². The zero-order valence-corrected chi connectivity index (χ0v) is 10.2. The Kier molecular flexibility index (Phi) is 9.52. The summed E-state index contributed by atoms with van der Waals surface area (Å²) in [6.45, 7) is 2.51. The maximum absolute atomic E-state index is 11.7. The van der Waals surface area contributed by atoms with Gasteiger partial charge in [-0.3, -0.25) is 4.79 Å². The molecule has 0 saturated carbocycles. The minimum absolute atomic E-state index is 0.0422.